The number of rotatable bonds is 4. The van der Waals surface area contributed by atoms with Crippen molar-refractivity contribution >= 4 is 35.1 Å². The van der Waals surface area contributed by atoms with Gasteiger partial charge in [0.1, 0.15) is 5.75 Å². The molecule has 136 valence electrons. The van der Waals surface area contributed by atoms with Gasteiger partial charge in [-0.1, -0.05) is 47.5 Å². The second-order valence-corrected chi connectivity index (χ2v) is 7.09. The summed E-state index contributed by atoms with van der Waals surface area (Å²) in [4.78, 5) is 24.9. The quantitative estimate of drug-likeness (QED) is 0.823. The van der Waals surface area contributed by atoms with E-state index in [1.165, 1.54) is 19.1 Å². The summed E-state index contributed by atoms with van der Waals surface area (Å²) in [5.74, 6) is -1.41. The Kier molecular flexibility index (Phi) is 5.12. The number of fused-ring (bicyclic) bond motifs is 1. The number of amides is 1. The van der Waals surface area contributed by atoms with Gasteiger partial charge in [-0.25, -0.2) is 4.79 Å². The minimum atomic E-state index is -1.64. The SMILES string of the molecule is CC(NC(=O)C1CCOc2ccccc21)(C(=O)O)c1ccc(Cl)c(Cl)c1. The van der Waals surface area contributed by atoms with Gasteiger partial charge in [0, 0.05) is 5.56 Å². The molecule has 26 heavy (non-hydrogen) atoms. The molecule has 2 aromatic rings. The van der Waals surface area contributed by atoms with E-state index >= 15 is 0 Å². The largest absolute Gasteiger partial charge is 0.493 e. The first-order chi connectivity index (χ1) is 12.3. The number of hydrogen-bond donors (Lipinski definition) is 2. The highest BCUT2D eigenvalue weighted by molar-refractivity contribution is 6.42. The predicted molar refractivity (Wildman–Crippen MR) is 98.9 cm³/mol. The molecule has 1 heterocycles. The van der Waals surface area contributed by atoms with Gasteiger partial charge in [0.05, 0.1) is 22.6 Å². The van der Waals surface area contributed by atoms with E-state index in [2.05, 4.69) is 5.32 Å². The van der Waals surface area contributed by atoms with Crippen LogP contribution in [-0.2, 0) is 15.1 Å². The summed E-state index contributed by atoms with van der Waals surface area (Å²) < 4.78 is 5.57. The molecule has 2 atom stereocenters. The zero-order chi connectivity index (χ0) is 18.9. The van der Waals surface area contributed by atoms with Crippen molar-refractivity contribution in [1.29, 1.82) is 0 Å². The molecule has 2 unspecified atom stereocenters. The highest BCUT2D eigenvalue weighted by atomic mass is 35.5. The molecule has 2 N–H and O–H groups in total. The van der Waals surface area contributed by atoms with Crippen molar-refractivity contribution in [3.63, 3.8) is 0 Å². The van der Waals surface area contributed by atoms with Crippen molar-refractivity contribution in [2.75, 3.05) is 6.61 Å². The van der Waals surface area contributed by atoms with Gasteiger partial charge in [0.15, 0.2) is 5.54 Å². The topological polar surface area (TPSA) is 75.6 Å². The normalized spacial score (nSPS) is 18.2. The molecule has 1 aliphatic rings. The van der Waals surface area contributed by atoms with Crippen LogP contribution in [0.15, 0.2) is 42.5 Å². The second-order valence-electron chi connectivity index (χ2n) is 6.28. The lowest BCUT2D eigenvalue weighted by atomic mass is 9.88. The summed E-state index contributed by atoms with van der Waals surface area (Å²) in [6.07, 6.45) is 0.472. The summed E-state index contributed by atoms with van der Waals surface area (Å²) in [6, 6.07) is 11.8. The molecule has 2 aromatic carbocycles. The van der Waals surface area contributed by atoms with Gasteiger partial charge in [-0.3, -0.25) is 4.79 Å². The van der Waals surface area contributed by atoms with Crippen LogP contribution in [-0.4, -0.2) is 23.6 Å². The standard InChI is InChI=1S/C19H17Cl2NO4/c1-19(18(24)25,11-6-7-14(20)15(21)10-11)22-17(23)13-8-9-26-16-5-3-2-4-12(13)16/h2-7,10,13H,8-9H2,1H3,(H,22,23)(H,24,25). The second kappa shape index (κ2) is 7.17. The number of nitrogens with one attached hydrogen (secondary N) is 1. The first kappa shape index (κ1) is 18.5. The van der Waals surface area contributed by atoms with Crippen LogP contribution in [0.1, 0.15) is 30.4 Å². The van der Waals surface area contributed by atoms with Gasteiger partial charge in [0.2, 0.25) is 5.91 Å². The number of carbonyl (C=O) groups excluding carboxylic acids is 1. The summed E-state index contributed by atoms with van der Waals surface area (Å²) in [7, 11) is 0. The molecule has 0 saturated carbocycles. The van der Waals surface area contributed by atoms with Gasteiger partial charge in [-0.15, -0.1) is 0 Å². The van der Waals surface area contributed by atoms with Crippen LogP contribution in [0.2, 0.25) is 10.0 Å². The van der Waals surface area contributed by atoms with E-state index in [9.17, 15) is 14.7 Å². The molecule has 7 heteroatoms. The van der Waals surface area contributed by atoms with E-state index in [1.54, 1.807) is 12.1 Å². The first-order valence-corrected chi connectivity index (χ1v) is 8.81. The van der Waals surface area contributed by atoms with Gasteiger partial charge in [-0.2, -0.15) is 0 Å². The molecular weight excluding hydrogens is 377 g/mol. The molecule has 0 spiro atoms. The number of para-hydroxylation sites is 1. The highest BCUT2D eigenvalue weighted by Gasteiger charge is 2.40. The summed E-state index contributed by atoms with van der Waals surface area (Å²) >= 11 is 11.9. The van der Waals surface area contributed by atoms with Crippen molar-refractivity contribution in [2.45, 2.75) is 24.8 Å². The molecule has 5 nitrogen and oxygen atoms in total. The minimum absolute atomic E-state index is 0.224. The van der Waals surface area contributed by atoms with E-state index in [4.69, 9.17) is 27.9 Å². The Bertz CT molecular complexity index is 870. The lowest BCUT2D eigenvalue weighted by molar-refractivity contribution is -0.147. The third-order valence-corrected chi connectivity index (χ3v) is 5.31. The third-order valence-electron chi connectivity index (χ3n) is 4.57. The Balaban J connectivity index is 1.92. The molecule has 0 fully saturated rings. The zero-order valence-electron chi connectivity index (χ0n) is 14.0. The van der Waals surface area contributed by atoms with Crippen molar-refractivity contribution in [1.82, 2.24) is 5.32 Å². The summed E-state index contributed by atoms with van der Waals surface area (Å²) in [5.41, 5.74) is -0.551. The van der Waals surface area contributed by atoms with E-state index in [0.717, 1.165) is 5.56 Å². The van der Waals surface area contributed by atoms with Crippen molar-refractivity contribution in [3.05, 3.63) is 63.6 Å². The Hall–Kier alpha value is -2.24. The number of halogens is 2. The van der Waals surface area contributed by atoms with Crippen molar-refractivity contribution in [2.24, 2.45) is 0 Å². The van der Waals surface area contributed by atoms with E-state index < -0.39 is 17.4 Å². The first-order valence-electron chi connectivity index (χ1n) is 8.05. The van der Waals surface area contributed by atoms with E-state index in [0.29, 0.717) is 29.4 Å². The fraction of sp³-hybridized carbons (Fsp3) is 0.263. The average Bonchev–Trinajstić information content (AvgIpc) is 2.63. The Morgan fingerprint density at radius 1 is 1.19 bits per heavy atom. The van der Waals surface area contributed by atoms with Crippen LogP contribution < -0.4 is 10.1 Å². The van der Waals surface area contributed by atoms with Gasteiger partial charge >= 0.3 is 5.97 Å². The number of carboxylic acids is 1. The minimum Gasteiger partial charge on any atom is -0.493 e. The molecule has 3 rings (SSSR count). The monoisotopic (exact) mass is 393 g/mol. The van der Waals surface area contributed by atoms with E-state index in [-0.39, 0.29) is 10.9 Å². The van der Waals surface area contributed by atoms with Crippen LogP contribution in [0.4, 0.5) is 0 Å². The van der Waals surface area contributed by atoms with Crippen LogP contribution >= 0.6 is 23.2 Å². The molecule has 0 aliphatic carbocycles. The zero-order valence-corrected chi connectivity index (χ0v) is 15.5. The molecule has 0 bridgehead atoms. The number of carboxylic acid groups (broad SMARTS) is 1. The van der Waals surface area contributed by atoms with Crippen LogP contribution in [0.5, 0.6) is 5.75 Å². The fourth-order valence-corrected chi connectivity index (χ4v) is 3.30. The molecule has 1 aliphatic heterocycles. The Morgan fingerprint density at radius 3 is 2.62 bits per heavy atom. The van der Waals surface area contributed by atoms with Crippen LogP contribution in [0.25, 0.3) is 0 Å². The molecule has 0 radical (unpaired) electrons. The van der Waals surface area contributed by atoms with Crippen molar-refractivity contribution < 1.29 is 19.4 Å². The predicted octanol–water partition coefficient (Wildman–Crippen LogP) is 3.98. The Labute approximate surface area is 160 Å². The van der Waals surface area contributed by atoms with E-state index in [1.807, 2.05) is 18.2 Å². The lowest BCUT2D eigenvalue weighted by Gasteiger charge is -2.31. The van der Waals surface area contributed by atoms with Gasteiger partial charge in [-0.05, 0) is 37.1 Å². The summed E-state index contributed by atoms with van der Waals surface area (Å²) in [5, 5.41) is 13.0. The van der Waals surface area contributed by atoms with Crippen LogP contribution in [0, 0.1) is 0 Å². The number of ether oxygens (including phenoxy) is 1. The smallest absolute Gasteiger partial charge is 0.333 e. The maximum absolute atomic E-state index is 12.9. The molecule has 0 aromatic heterocycles. The number of hydrogen-bond acceptors (Lipinski definition) is 3. The highest BCUT2D eigenvalue weighted by Crippen LogP contribution is 2.35. The molecular formula is C19H17Cl2NO4. The lowest BCUT2D eigenvalue weighted by Crippen LogP contribution is -2.51. The van der Waals surface area contributed by atoms with Crippen LogP contribution in [0.3, 0.4) is 0 Å². The number of aliphatic carboxylic acids is 1. The molecule has 0 saturated heterocycles. The number of benzene rings is 2. The Morgan fingerprint density at radius 2 is 1.92 bits per heavy atom. The fourth-order valence-electron chi connectivity index (χ4n) is 3.00. The summed E-state index contributed by atoms with van der Waals surface area (Å²) in [6.45, 7) is 1.82. The van der Waals surface area contributed by atoms with Crippen molar-refractivity contribution in [3.8, 4) is 5.75 Å². The third kappa shape index (κ3) is 3.37. The molecule has 1 amide bonds. The van der Waals surface area contributed by atoms with Gasteiger partial charge < -0.3 is 15.2 Å². The average molecular weight is 394 g/mol. The van der Waals surface area contributed by atoms with Gasteiger partial charge in [0.25, 0.3) is 0 Å². The maximum Gasteiger partial charge on any atom is 0.333 e. The number of carbonyl (C=O) groups is 2. The maximum atomic E-state index is 12.9.